The summed E-state index contributed by atoms with van der Waals surface area (Å²) in [5.41, 5.74) is 3.55. The zero-order chi connectivity index (χ0) is 9.68. The van der Waals surface area contributed by atoms with Crippen LogP contribution in [0.25, 0.3) is 6.08 Å². The Hall–Kier alpha value is -1.44. The Balaban J connectivity index is 2.91. The van der Waals surface area contributed by atoms with Crippen LogP contribution in [0.15, 0.2) is 24.4 Å². The molecule has 0 atom stereocenters. The molecule has 1 heterocycles. The topological polar surface area (TPSA) is 27.8 Å². The predicted octanol–water partition coefficient (Wildman–Crippen LogP) is 2.95. The molecule has 0 spiro atoms. The maximum absolute atomic E-state index is 3.18. The van der Waals surface area contributed by atoms with Crippen molar-refractivity contribution in [2.24, 2.45) is 0 Å². The van der Waals surface area contributed by atoms with Crippen LogP contribution in [0, 0.1) is 6.92 Å². The molecule has 0 aromatic carbocycles. The second-order valence-electron chi connectivity index (χ2n) is 2.88. The third kappa shape index (κ3) is 2.25. The van der Waals surface area contributed by atoms with E-state index in [2.05, 4.69) is 23.3 Å². The number of rotatable bonds is 3. The van der Waals surface area contributed by atoms with Crippen molar-refractivity contribution in [3.8, 4) is 0 Å². The molecule has 0 aliphatic rings. The van der Waals surface area contributed by atoms with Gasteiger partial charge in [-0.25, -0.2) is 0 Å². The molecule has 2 N–H and O–H groups in total. The number of aromatic nitrogens is 1. The van der Waals surface area contributed by atoms with Crippen LogP contribution in [0.2, 0.25) is 0 Å². The van der Waals surface area contributed by atoms with Crippen LogP contribution in [-0.2, 0) is 0 Å². The molecule has 0 unspecified atom stereocenters. The lowest BCUT2D eigenvalue weighted by atomic mass is 10.2. The van der Waals surface area contributed by atoms with E-state index in [-0.39, 0.29) is 0 Å². The molecule has 0 saturated heterocycles. The molecule has 2 heteroatoms. The Morgan fingerprint density at radius 1 is 1.38 bits per heavy atom. The van der Waals surface area contributed by atoms with Crippen molar-refractivity contribution in [1.82, 2.24) is 4.98 Å². The van der Waals surface area contributed by atoms with Gasteiger partial charge in [-0.05, 0) is 13.8 Å². The van der Waals surface area contributed by atoms with E-state index < -0.39 is 0 Å². The molecule has 0 amide bonds. The van der Waals surface area contributed by atoms with Crippen LogP contribution >= 0.6 is 0 Å². The molecule has 2 nitrogen and oxygen atoms in total. The second-order valence-corrected chi connectivity index (χ2v) is 2.88. The van der Waals surface area contributed by atoms with Crippen LogP contribution in [0.5, 0.6) is 0 Å². The highest BCUT2D eigenvalue weighted by Crippen LogP contribution is 2.19. The minimum absolute atomic E-state index is 1.14. The molecule has 0 radical (unpaired) electrons. The quantitative estimate of drug-likeness (QED) is 0.681. The summed E-state index contributed by atoms with van der Waals surface area (Å²) in [5.74, 6) is 0. The van der Waals surface area contributed by atoms with Crippen LogP contribution in [0.4, 0.5) is 5.69 Å². The SMILES string of the molecule is C/C=C\C=C/c1c(NC)c[nH]c1C. The van der Waals surface area contributed by atoms with Gasteiger partial charge >= 0.3 is 0 Å². The summed E-state index contributed by atoms with van der Waals surface area (Å²) in [6.07, 6.45) is 10.1. The molecule has 13 heavy (non-hydrogen) atoms. The summed E-state index contributed by atoms with van der Waals surface area (Å²) in [7, 11) is 1.93. The van der Waals surface area contributed by atoms with Crippen molar-refractivity contribution < 1.29 is 0 Å². The zero-order valence-corrected chi connectivity index (χ0v) is 8.39. The van der Waals surface area contributed by atoms with E-state index in [1.165, 1.54) is 11.3 Å². The van der Waals surface area contributed by atoms with Crippen molar-refractivity contribution in [1.29, 1.82) is 0 Å². The van der Waals surface area contributed by atoms with E-state index in [0.29, 0.717) is 0 Å². The first-order chi connectivity index (χ1) is 6.29. The van der Waals surface area contributed by atoms with Crippen molar-refractivity contribution in [3.05, 3.63) is 35.7 Å². The largest absolute Gasteiger partial charge is 0.386 e. The van der Waals surface area contributed by atoms with E-state index >= 15 is 0 Å². The maximum Gasteiger partial charge on any atom is 0.0591 e. The molecule has 0 bridgehead atoms. The van der Waals surface area contributed by atoms with Gasteiger partial charge in [0.25, 0.3) is 0 Å². The summed E-state index contributed by atoms with van der Waals surface area (Å²) in [6, 6.07) is 0. The molecule has 1 rings (SSSR count). The second kappa shape index (κ2) is 4.55. The van der Waals surface area contributed by atoms with Crippen molar-refractivity contribution in [2.75, 3.05) is 12.4 Å². The van der Waals surface area contributed by atoms with Crippen molar-refractivity contribution >= 4 is 11.8 Å². The van der Waals surface area contributed by atoms with Gasteiger partial charge in [-0.15, -0.1) is 0 Å². The molecule has 0 saturated carbocycles. The standard InChI is InChI=1S/C11H16N2/c1-4-5-6-7-10-9(2)13-8-11(10)12-3/h4-8,12-13H,1-3H3/b5-4-,7-6-. The van der Waals surface area contributed by atoms with Gasteiger partial charge < -0.3 is 10.3 Å². The number of nitrogens with one attached hydrogen (secondary N) is 2. The number of H-pyrrole nitrogens is 1. The van der Waals surface area contributed by atoms with E-state index in [0.717, 1.165) is 5.69 Å². The monoisotopic (exact) mass is 176 g/mol. The molecule has 0 aliphatic heterocycles. The molecular weight excluding hydrogens is 160 g/mol. The summed E-state index contributed by atoms with van der Waals surface area (Å²) in [4.78, 5) is 3.18. The zero-order valence-electron chi connectivity index (χ0n) is 8.39. The number of aromatic amines is 1. The summed E-state index contributed by atoms with van der Waals surface area (Å²) in [5, 5.41) is 3.14. The van der Waals surface area contributed by atoms with Gasteiger partial charge in [-0.2, -0.15) is 0 Å². The highest BCUT2D eigenvalue weighted by molar-refractivity contribution is 5.69. The average molecular weight is 176 g/mol. The van der Waals surface area contributed by atoms with E-state index in [4.69, 9.17) is 0 Å². The Kier molecular flexibility index (Phi) is 3.38. The fourth-order valence-electron chi connectivity index (χ4n) is 1.22. The molecule has 0 aliphatic carbocycles. The van der Waals surface area contributed by atoms with Gasteiger partial charge in [0.2, 0.25) is 0 Å². The third-order valence-corrected chi connectivity index (χ3v) is 1.96. The molecule has 0 fully saturated rings. The van der Waals surface area contributed by atoms with Crippen LogP contribution in [0.3, 0.4) is 0 Å². The van der Waals surface area contributed by atoms with E-state index in [1.807, 2.05) is 38.4 Å². The summed E-state index contributed by atoms with van der Waals surface area (Å²) >= 11 is 0. The summed E-state index contributed by atoms with van der Waals surface area (Å²) < 4.78 is 0. The molecule has 70 valence electrons. The van der Waals surface area contributed by atoms with Crippen LogP contribution in [0.1, 0.15) is 18.2 Å². The van der Waals surface area contributed by atoms with Gasteiger partial charge in [-0.3, -0.25) is 0 Å². The Morgan fingerprint density at radius 2 is 2.15 bits per heavy atom. The lowest BCUT2D eigenvalue weighted by Gasteiger charge is -1.97. The number of anilines is 1. The Bertz CT molecular complexity index is 319. The lowest BCUT2D eigenvalue weighted by Crippen LogP contribution is -1.87. The predicted molar refractivity (Wildman–Crippen MR) is 58.9 cm³/mol. The summed E-state index contributed by atoms with van der Waals surface area (Å²) in [6.45, 7) is 4.07. The lowest BCUT2D eigenvalue weighted by molar-refractivity contribution is 1.26. The van der Waals surface area contributed by atoms with E-state index in [9.17, 15) is 0 Å². The minimum atomic E-state index is 1.14. The van der Waals surface area contributed by atoms with E-state index in [1.54, 1.807) is 0 Å². The Labute approximate surface area is 79.4 Å². The smallest absolute Gasteiger partial charge is 0.0591 e. The van der Waals surface area contributed by atoms with Crippen LogP contribution in [-0.4, -0.2) is 12.0 Å². The van der Waals surface area contributed by atoms with Crippen LogP contribution < -0.4 is 5.32 Å². The number of aryl methyl sites for hydroxylation is 1. The van der Waals surface area contributed by atoms with Gasteiger partial charge in [-0.1, -0.05) is 24.3 Å². The fraction of sp³-hybridized carbons (Fsp3) is 0.273. The first-order valence-electron chi connectivity index (χ1n) is 4.44. The first kappa shape index (κ1) is 9.65. The molecule has 1 aromatic rings. The van der Waals surface area contributed by atoms with Gasteiger partial charge in [0, 0.05) is 24.5 Å². The highest BCUT2D eigenvalue weighted by Gasteiger charge is 2.01. The van der Waals surface area contributed by atoms with Crippen molar-refractivity contribution in [3.63, 3.8) is 0 Å². The molecular formula is C11H16N2. The van der Waals surface area contributed by atoms with Gasteiger partial charge in [0.15, 0.2) is 0 Å². The number of hydrogen-bond acceptors (Lipinski definition) is 1. The van der Waals surface area contributed by atoms with Gasteiger partial charge in [0.1, 0.15) is 0 Å². The number of hydrogen-bond donors (Lipinski definition) is 2. The Morgan fingerprint density at radius 3 is 2.77 bits per heavy atom. The first-order valence-corrected chi connectivity index (χ1v) is 4.44. The van der Waals surface area contributed by atoms with Crippen molar-refractivity contribution in [2.45, 2.75) is 13.8 Å². The normalized spacial score (nSPS) is 11.6. The fourth-order valence-corrected chi connectivity index (χ4v) is 1.22. The van der Waals surface area contributed by atoms with Gasteiger partial charge in [0.05, 0.1) is 5.69 Å². The highest BCUT2D eigenvalue weighted by atomic mass is 14.9. The average Bonchev–Trinajstić information content (AvgIpc) is 2.48. The maximum atomic E-state index is 3.18. The number of allylic oxidation sites excluding steroid dienone is 3. The minimum Gasteiger partial charge on any atom is -0.386 e. The molecule has 1 aromatic heterocycles. The third-order valence-electron chi connectivity index (χ3n) is 1.96.